The van der Waals surface area contributed by atoms with E-state index >= 15 is 0 Å². The van der Waals surface area contributed by atoms with Gasteiger partial charge < -0.3 is 4.90 Å². The molecule has 0 saturated carbocycles. The Morgan fingerprint density at radius 1 is 0.951 bits per heavy atom. The van der Waals surface area contributed by atoms with Gasteiger partial charge in [0.25, 0.3) is 5.56 Å². The number of para-hydroxylation sites is 1. The van der Waals surface area contributed by atoms with E-state index in [2.05, 4.69) is 4.98 Å². The highest BCUT2D eigenvalue weighted by atomic mass is 19.4. The Morgan fingerprint density at radius 3 is 2.39 bits per heavy atom. The van der Waals surface area contributed by atoms with E-state index < -0.39 is 23.7 Å². The number of amides is 1. The van der Waals surface area contributed by atoms with Gasteiger partial charge in [0.15, 0.2) is 0 Å². The van der Waals surface area contributed by atoms with E-state index in [0.717, 1.165) is 23.3 Å². The third kappa shape index (κ3) is 6.04. The maximum Gasteiger partial charge on any atom is 0.416 e. The molecule has 3 aromatic carbocycles. The second kappa shape index (κ2) is 11.4. The molecule has 0 aliphatic heterocycles. The van der Waals surface area contributed by atoms with E-state index in [4.69, 9.17) is 4.98 Å². The molecule has 2 aromatic heterocycles. The Hall–Kier alpha value is -4.79. The predicted octanol–water partition coefficient (Wildman–Crippen LogP) is 6.44. The van der Waals surface area contributed by atoms with Gasteiger partial charge in [0, 0.05) is 18.9 Å². The standard InChI is InChI=1S/C32H27F3N4O2/c1-21-12-14-26(15-13-21)39-30(37-28-11-4-3-10-27(28)31(39)41)22(2)38(20-24-8-6-16-36-19-24)29(40)18-23-7-5-9-25(17-23)32(33,34)35/h3-17,19,22H,18,20H2,1-2H3. The van der Waals surface area contributed by atoms with Gasteiger partial charge in [-0.3, -0.25) is 19.1 Å². The second-order valence-electron chi connectivity index (χ2n) is 9.90. The van der Waals surface area contributed by atoms with Crippen LogP contribution >= 0.6 is 0 Å². The molecule has 0 N–H and O–H groups in total. The molecule has 2 heterocycles. The number of hydrogen-bond donors (Lipinski definition) is 0. The van der Waals surface area contributed by atoms with Crippen LogP contribution in [-0.4, -0.2) is 25.3 Å². The SMILES string of the molecule is Cc1ccc(-n2c(C(C)N(Cc3cccnc3)C(=O)Cc3cccc(C(F)(F)F)c3)nc3ccccc3c2=O)cc1. The zero-order chi connectivity index (χ0) is 29.1. The van der Waals surface area contributed by atoms with E-state index in [1.165, 1.54) is 21.6 Å². The van der Waals surface area contributed by atoms with Gasteiger partial charge in [0.05, 0.1) is 34.6 Å². The maximum absolute atomic E-state index is 13.8. The van der Waals surface area contributed by atoms with Crippen molar-refractivity contribution in [1.29, 1.82) is 0 Å². The quantitative estimate of drug-likeness (QED) is 0.231. The summed E-state index contributed by atoms with van der Waals surface area (Å²) in [4.78, 5) is 38.2. The number of halogens is 3. The molecule has 1 amide bonds. The zero-order valence-corrected chi connectivity index (χ0v) is 22.5. The highest BCUT2D eigenvalue weighted by molar-refractivity contribution is 5.80. The molecule has 0 aliphatic carbocycles. The van der Waals surface area contributed by atoms with Crippen LogP contribution in [-0.2, 0) is 23.9 Å². The number of carbonyl (C=O) groups excluding carboxylic acids is 1. The molecule has 1 atom stereocenters. The monoisotopic (exact) mass is 556 g/mol. The van der Waals surface area contributed by atoms with Crippen molar-refractivity contribution in [3.8, 4) is 5.69 Å². The van der Waals surface area contributed by atoms with Crippen LogP contribution in [0.2, 0.25) is 0 Å². The van der Waals surface area contributed by atoms with Crippen LogP contribution in [0.15, 0.2) is 102 Å². The summed E-state index contributed by atoms with van der Waals surface area (Å²) in [5.74, 6) is -0.0858. The number of hydrogen-bond acceptors (Lipinski definition) is 4. The molecule has 6 nitrogen and oxygen atoms in total. The first-order valence-electron chi connectivity index (χ1n) is 13.0. The van der Waals surface area contributed by atoms with Crippen molar-refractivity contribution in [2.75, 3.05) is 0 Å². The minimum Gasteiger partial charge on any atom is -0.328 e. The van der Waals surface area contributed by atoms with E-state index in [1.54, 1.807) is 49.6 Å². The fourth-order valence-electron chi connectivity index (χ4n) is 4.78. The normalized spacial score (nSPS) is 12.3. The van der Waals surface area contributed by atoms with Crippen LogP contribution in [0.3, 0.4) is 0 Å². The highest BCUT2D eigenvalue weighted by Gasteiger charge is 2.31. The number of nitrogens with zero attached hydrogens (tertiary/aromatic N) is 4. The Balaban J connectivity index is 1.62. The van der Waals surface area contributed by atoms with E-state index in [0.29, 0.717) is 22.4 Å². The average molecular weight is 557 g/mol. The molecular formula is C32H27F3N4O2. The van der Waals surface area contributed by atoms with Gasteiger partial charge in [-0.1, -0.05) is 54.1 Å². The summed E-state index contributed by atoms with van der Waals surface area (Å²) in [5, 5.41) is 0.429. The van der Waals surface area contributed by atoms with Gasteiger partial charge in [-0.15, -0.1) is 0 Å². The zero-order valence-electron chi connectivity index (χ0n) is 22.5. The summed E-state index contributed by atoms with van der Waals surface area (Å²) in [7, 11) is 0. The minimum absolute atomic E-state index is 0.114. The van der Waals surface area contributed by atoms with Gasteiger partial charge in [0.2, 0.25) is 5.91 Å². The topological polar surface area (TPSA) is 68.1 Å². The Labute approximate surface area is 234 Å². The van der Waals surface area contributed by atoms with Crippen LogP contribution < -0.4 is 5.56 Å². The number of aryl methyl sites for hydroxylation is 1. The van der Waals surface area contributed by atoms with Crippen molar-refractivity contribution in [3.63, 3.8) is 0 Å². The first kappa shape index (κ1) is 27.8. The first-order chi connectivity index (χ1) is 19.6. The minimum atomic E-state index is -4.53. The van der Waals surface area contributed by atoms with Crippen molar-refractivity contribution < 1.29 is 18.0 Å². The van der Waals surface area contributed by atoms with Crippen LogP contribution in [0.1, 0.15) is 41.0 Å². The Bertz CT molecular complexity index is 1750. The molecule has 0 fully saturated rings. The maximum atomic E-state index is 13.8. The van der Waals surface area contributed by atoms with Gasteiger partial charge in [-0.05, 0) is 61.4 Å². The average Bonchev–Trinajstić information content (AvgIpc) is 2.96. The molecule has 41 heavy (non-hydrogen) atoms. The van der Waals surface area contributed by atoms with Crippen molar-refractivity contribution in [2.45, 2.75) is 39.0 Å². The Morgan fingerprint density at radius 2 is 1.68 bits per heavy atom. The fraction of sp³-hybridized carbons (Fsp3) is 0.188. The lowest BCUT2D eigenvalue weighted by Crippen LogP contribution is -2.38. The van der Waals surface area contributed by atoms with E-state index in [1.807, 2.05) is 37.3 Å². The van der Waals surface area contributed by atoms with Crippen molar-refractivity contribution in [2.24, 2.45) is 0 Å². The lowest BCUT2D eigenvalue weighted by atomic mass is 10.1. The third-order valence-electron chi connectivity index (χ3n) is 6.94. The number of fused-ring (bicyclic) bond motifs is 1. The van der Waals surface area contributed by atoms with E-state index in [9.17, 15) is 22.8 Å². The lowest BCUT2D eigenvalue weighted by molar-refractivity contribution is -0.138. The van der Waals surface area contributed by atoms with E-state index in [-0.39, 0.29) is 24.1 Å². The summed E-state index contributed by atoms with van der Waals surface area (Å²) in [6.07, 6.45) is -1.56. The Kier molecular flexibility index (Phi) is 7.70. The lowest BCUT2D eigenvalue weighted by Gasteiger charge is -2.31. The number of alkyl halides is 3. The number of aromatic nitrogens is 3. The summed E-state index contributed by atoms with van der Waals surface area (Å²) >= 11 is 0. The number of rotatable bonds is 7. The largest absolute Gasteiger partial charge is 0.416 e. The number of benzene rings is 3. The van der Waals surface area contributed by atoms with Gasteiger partial charge in [-0.25, -0.2) is 4.98 Å². The van der Waals surface area contributed by atoms with Crippen LogP contribution in [0.25, 0.3) is 16.6 Å². The van der Waals surface area contributed by atoms with Crippen LogP contribution in [0.5, 0.6) is 0 Å². The third-order valence-corrected chi connectivity index (χ3v) is 6.94. The smallest absolute Gasteiger partial charge is 0.328 e. The summed E-state index contributed by atoms with van der Waals surface area (Å²) in [6, 6.07) is 22.0. The molecule has 208 valence electrons. The summed E-state index contributed by atoms with van der Waals surface area (Å²) in [6.45, 7) is 3.82. The molecule has 0 saturated heterocycles. The van der Waals surface area contributed by atoms with Gasteiger partial charge >= 0.3 is 6.18 Å². The summed E-state index contributed by atoms with van der Waals surface area (Å²) in [5.41, 5.74) is 1.94. The molecular weight excluding hydrogens is 529 g/mol. The predicted molar refractivity (Wildman–Crippen MR) is 150 cm³/mol. The van der Waals surface area contributed by atoms with Crippen molar-refractivity contribution in [3.05, 3.63) is 136 Å². The molecule has 1 unspecified atom stereocenters. The highest BCUT2D eigenvalue weighted by Crippen LogP contribution is 2.30. The number of carbonyl (C=O) groups is 1. The molecule has 5 aromatic rings. The van der Waals surface area contributed by atoms with Crippen LogP contribution in [0, 0.1) is 6.92 Å². The number of pyridine rings is 1. The van der Waals surface area contributed by atoms with Crippen molar-refractivity contribution >= 4 is 16.8 Å². The molecule has 9 heteroatoms. The van der Waals surface area contributed by atoms with Gasteiger partial charge in [0.1, 0.15) is 5.82 Å². The fourth-order valence-corrected chi connectivity index (χ4v) is 4.78. The molecule has 0 aliphatic rings. The summed E-state index contributed by atoms with van der Waals surface area (Å²) < 4.78 is 41.6. The molecule has 0 spiro atoms. The van der Waals surface area contributed by atoms with Crippen LogP contribution in [0.4, 0.5) is 13.2 Å². The van der Waals surface area contributed by atoms with Crippen molar-refractivity contribution in [1.82, 2.24) is 19.4 Å². The molecule has 0 radical (unpaired) electrons. The van der Waals surface area contributed by atoms with Gasteiger partial charge in [-0.2, -0.15) is 13.2 Å². The second-order valence-corrected chi connectivity index (χ2v) is 9.90. The molecule has 0 bridgehead atoms. The first-order valence-corrected chi connectivity index (χ1v) is 13.0. The molecule has 5 rings (SSSR count).